The first kappa shape index (κ1) is 12.5. The molecule has 1 rings (SSSR count). The number of likely N-dealkylation sites (tertiary alicyclic amines) is 1. The molecule has 0 bridgehead atoms. The Kier molecular flexibility index (Phi) is 6.41. The topological polar surface area (TPSA) is 44.6 Å². The van der Waals surface area contributed by atoms with Crippen LogP contribution in [0.2, 0.25) is 0 Å². The summed E-state index contributed by atoms with van der Waals surface area (Å²) in [4.78, 5) is 11.9. The highest BCUT2D eigenvalue weighted by Crippen LogP contribution is 2.02. The Morgan fingerprint density at radius 3 is 2.20 bits per heavy atom. The maximum absolute atomic E-state index is 10.2. The van der Waals surface area contributed by atoms with E-state index in [1.165, 1.54) is 45.2 Å². The fourth-order valence-electron chi connectivity index (χ4n) is 2.30. The Balaban J connectivity index is 2.04. The fraction of sp³-hybridized carbons (Fsp3) is 0.917. The number of carboxylic acid groups (broad SMARTS) is 1. The van der Waals surface area contributed by atoms with Gasteiger partial charge in [0.2, 0.25) is 0 Å². The normalized spacial score (nSPS) is 19.5. The summed E-state index contributed by atoms with van der Waals surface area (Å²) in [5.41, 5.74) is 0. The van der Waals surface area contributed by atoms with Gasteiger partial charge in [0, 0.05) is 5.97 Å². The van der Waals surface area contributed by atoms with Crippen LogP contribution in [0, 0.1) is 0 Å². The van der Waals surface area contributed by atoms with Gasteiger partial charge in [0.1, 0.15) is 0 Å². The first-order chi connectivity index (χ1) is 7.29. The van der Waals surface area contributed by atoms with Gasteiger partial charge in [-0.3, -0.25) is 0 Å². The number of hydrogen-bond acceptors (Lipinski definition) is 2. The van der Waals surface area contributed by atoms with E-state index in [9.17, 15) is 9.90 Å². The number of aliphatic carboxylic acids is 1. The van der Waals surface area contributed by atoms with Gasteiger partial charge < -0.3 is 14.8 Å². The lowest BCUT2D eigenvalue weighted by atomic mass is 10.1. The van der Waals surface area contributed by atoms with Gasteiger partial charge in [-0.05, 0) is 44.9 Å². The molecule has 0 aromatic heterocycles. The highest BCUT2D eigenvalue weighted by atomic mass is 16.4. The molecule has 0 atom stereocenters. The average Bonchev–Trinajstić information content (AvgIpc) is 2.14. The van der Waals surface area contributed by atoms with E-state index >= 15 is 0 Å². The van der Waals surface area contributed by atoms with Crippen LogP contribution in [0.25, 0.3) is 0 Å². The summed E-state index contributed by atoms with van der Waals surface area (Å²) >= 11 is 0. The molecular formula is C12H23NO2. The van der Waals surface area contributed by atoms with Crippen LogP contribution in [-0.2, 0) is 4.79 Å². The Morgan fingerprint density at radius 1 is 1.00 bits per heavy atom. The third-order valence-electron chi connectivity index (χ3n) is 3.22. The van der Waals surface area contributed by atoms with Crippen molar-refractivity contribution in [3.05, 3.63) is 0 Å². The highest BCUT2D eigenvalue weighted by Gasteiger charge is 2.10. The average molecular weight is 213 g/mol. The summed E-state index contributed by atoms with van der Waals surface area (Å²) in [5, 5.41) is 10.2. The van der Waals surface area contributed by atoms with Crippen molar-refractivity contribution >= 4 is 5.97 Å². The number of carboxylic acids is 1. The molecule has 15 heavy (non-hydrogen) atoms. The monoisotopic (exact) mass is 213 g/mol. The van der Waals surface area contributed by atoms with Crippen LogP contribution in [-0.4, -0.2) is 25.6 Å². The Morgan fingerprint density at radius 2 is 1.60 bits per heavy atom. The quantitative estimate of drug-likeness (QED) is 0.640. The van der Waals surface area contributed by atoms with Crippen molar-refractivity contribution in [1.82, 2.24) is 0 Å². The van der Waals surface area contributed by atoms with Crippen LogP contribution in [0.4, 0.5) is 0 Å². The molecule has 0 saturated carbocycles. The summed E-state index contributed by atoms with van der Waals surface area (Å²) in [5.74, 6) is -0.905. The van der Waals surface area contributed by atoms with Crippen LogP contribution in [0.5, 0.6) is 0 Å². The minimum absolute atomic E-state index is 0.229. The van der Waals surface area contributed by atoms with Gasteiger partial charge in [-0.2, -0.15) is 0 Å². The van der Waals surface area contributed by atoms with E-state index in [-0.39, 0.29) is 6.42 Å². The second kappa shape index (κ2) is 7.69. The van der Waals surface area contributed by atoms with Gasteiger partial charge >= 0.3 is 0 Å². The zero-order valence-electron chi connectivity index (χ0n) is 9.59. The molecule has 0 aliphatic carbocycles. The number of carbonyl (C=O) groups excluding carboxylic acids is 1. The van der Waals surface area contributed by atoms with Crippen molar-refractivity contribution < 1.29 is 14.8 Å². The zero-order valence-corrected chi connectivity index (χ0v) is 9.59. The molecule has 1 aliphatic heterocycles. The van der Waals surface area contributed by atoms with Crippen LogP contribution in [0.1, 0.15) is 51.4 Å². The molecule has 1 fully saturated rings. The van der Waals surface area contributed by atoms with Gasteiger partial charge in [-0.25, -0.2) is 0 Å². The van der Waals surface area contributed by atoms with Gasteiger partial charge in [0.05, 0.1) is 19.6 Å². The Bertz CT molecular complexity index is 174. The minimum atomic E-state index is -0.905. The van der Waals surface area contributed by atoms with Crippen molar-refractivity contribution in [1.29, 1.82) is 0 Å². The molecule has 88 valence electrons. The molecule has 0 aromatic carbocycles. The Hall–Kier alpha value is -0.570. The van der Waals surface area contributed by atoms with Gasteiger partial charge in [-0.15, -0.1) is 0 Å². The molecule has 1 saturated heterocycles. The predicted molar refractivity (Wildman–Crippen MR) is 57.5 cm³/mol. The zero-order chi connectivity index (χ0) is 10.9. The van der Waals surface area contributed by atoms with E-state index in [0.717, 1.165) is 19.4 Å². The maximum Gasteiger partial charge on any atom is 0.0771 e. The summed E-state index contributed by atoms with van der Waals surface area (Å²) in [6, 6.07) is 0. The molecule has 0 spiro atoms. The molecule has 0 aromatic rings. The second-order valence-corrected chi connectivity index (χ2v) is 4.60. The second-order valence-electron chi connectivity index (χ2n) is 4.60. The molecule has 0 radical (unpaired) electrons. The third-order valence-corrected chi connectivity index (χ3v) is 3.22. The molecule has 0 amide bonds. The van der Waals surface area contributed by atoms with E-state index in [1.807, 2.05) is 0 Å². The van der Waals surface area contributed by atoms with Gasteiger partial charge in [0.25, 0.3) is 0 Å². The number of carbonyl (C=O) groups is 1. The third kappa shape index (κ3) is 6.50. The number of rotatable bonds is 5. The summed E-state index contributed by atoms with van der Waals surface area (Å²) in [6.07, 6.45) is 8.89. The molecule has 3 nitrogen and oxygen atoms in total. The van der Waals surface area contributed by atoms with Crippen LogP contribution >= 0.6 is 0 Å². The maximum atomic E-state index is 10.2. The minimum Gasteiger partial charge on any atom is -0.550 e. The predicted octanol–water partition coefficient (Wildman–Crippen LogP) is -0.244. The van der Waals surface area contributed by atoms with Crippen molar-refractivity contribution in [2.45, 2.75) is 51.4 Å². The molecule has 1 aliphatic rings. The highest BCUT2D eigenvalue weighted by molar-refractivity contribution is 5.63. The van der Waals surface area contributed by atoms with E-state index < -0.39 is 5.97 Å². The van der Waals surface area contributed by atoms with E-state index in [2.05, 4.69) is 0 Å². The lowest BCUT2D eigenvalue weighted by Crippen LogP contribution is -3.12. The first-order valence-corrected chi connectivity index (χ1v) is 6.32. The Labute approximate surface area is 92.5 Å². The van der Waals surface area contributed by atoms with Crippen LogP contribution in [0.3, 0.4) is 0 Å². The molecule has 3 heteroatoms. The van der Waals surface area contributed by atoms with E-state index in [1.54, 1.807) is 4.90 Å². The molecular weight excluding hydrogens is 190 g/mol. The lowest BCUT2D eigenvalue weighted by molar-refractivity contribution is -0.901. The molecule has 1 heterocycles. The summed E-state index contributed by atoms with van der Waals surface area (Å²) in [6.45, 7) is 3.71. The van der Waals surface area contributed by atoms with Gasteiger partial charge in [-0.1, -0.05) is 6.42 Å². The van der Waals surface area contributed by atoms with Crippen LogP contribution in [0.15, 0.2) is 0 Å². The molecule has 0 unspecified atom stereocenters. The molecule has 1 N–H and O–H groups in total. The number of hydrogen-bond donors (Lipinski definition) is 1. The van der Waals surface area contributed by atoms with E-state index in [4.69, 9.17) is 0 Å². The van der Waals surface area contributed by atoms with Crippen molar-refractivity contribution in [3.63, 3.8) is 0 Å². The van der Waals surface area contributed by atoms with E-state index in [0.29, 0.717) is 0 Å². The largest absolute Gasteiger partial charge is 0.550 e. The summed E-state index contributed by atoms with van der Waals surface area (Å²) < 4.78 is 0. The number of nitrogens with one attached hydrogen (secondary N) is 1. The van der Waals surface area contributed by atoms with Crippen molar-refractivity contribution in [2.24, 2.45) is 0 Å². The number of quaternary nitrogens is 1. The summed E-state index contributed by atoms with van der Waals surface area (Å²) in [7, 11) is 0. The van der Waals surface area contributed by atoms with Crippen molar-refractivity contribution in [3.8, 4) is 0 Å². The number of unbranched alkanes of at least 4 members (excludes halogenated alkanes) is 1. The smallest absolute Gasteiger partial charge is 0.0771 e. The standard InChI is InChI=1S/C12H23NO2/c14-12(15)8-4-7-11-13-9-5-2-1-3-6-10-13/h1-11H2,(H,14,15). The van der Waals surface area contributed by atoms with Gasteiger partial charge in [0.15, 0.2) is 0 Å². The first-order valence-electron chi connectivity index (χ1n) is 6.32. The fourth-order valence-corrected chi connectivity index (χ4v) is 2.30. The van der Waals surface area contributed by atoms with Crippen molar-refractivity contribution in [2.75, 3.05) is 19.6 Å². The lowest BCUT2D eigenvalue weighted by Gasteiger charge is -2.21. The SMILES string of the molecule is O=C([O-])CCCC[NH+]1CCCCCCC1. The van der Waals surface area contributed by atoms with Crippen LogP contribution < -0.4 is 10.0 Å².